The van der Waals surface area contributed by atoms with Crippen LogP contribution in [-0.2, 0) is 4.79 Å². The number of rotatable bonds is 6. The molecule has 6 nitrogen and oxygen atoms in total. The summed E-state index contributed by atoms with van der Waals surface area (Å²) in [5.41, 5.74) is -0.915. The maximum atomic E-state index is 12.2. The Morgan fingerprint density at radius 3 is 2.29 bits per heavy atom. The molecule has 1 rings (SSSR count). The molecule has 1 fully saturated rings. The number of aliphatic hydroxyl groups excluding tert-OH is 1. The SMILES string of the molecule is CCC(CC)(CNC(=O)N(C)C1CCCCC1O)C(=O)O. The minimum Gasteiger partial charge on any atom is -0.481 e. The van der Waals surface area contributed by atoms with Gasteiger partial charge in [0, 0.05) is 13.6 Å². The van der Waals surface area contributed by atoms with Gasteiger partial charge in [-0.3, -0.25) is 4.79 Å². The van der Waals surface area contributed by atoms with E-state index in [1.807, 2.05) is 13.8 Å². The first kappa shape index (κ1) is 17.8. The summed E-state index contributed by atoms with van der Waals surface area (Å²) in [4.78, 5) is 25.1. The van der Waals surface area contributed by atoms with Crippen molar-refractivity contribution in [1.29, 1.82) is 0 Å². The number of nitrogens with zero attached hydrogens (tertiary/aromatic N) is 1. The molecule has 2 amide bonds. The van der Waals surface area contributed by atoms with Crippen LogP contribution >= 0.6 is 0 Å². The van der Waals surface area contributed by atoms with Crippen LogP contribution in [0.4, 0.5) is 4.79 Å². The first-order chi connectivity index (χ1) is 9.88. The highest BCUT2D eigenvalue weighted by atomic mass is 16.4. The Morgan fingerprint density at radius 1 is 1.24 bits per heavy atom. The summed E-state index contributed by atoms with van der Waals surface area (Å²) >= 11 is 0. The van der Waals surface area contributed by atoms with E-state index in [0.717, 1.165) is 19.3 Å². The number of amides is 2. The number of carbonyl (C=O) groups excluding carboxylic acids is 1. The third-order valence-electron chi connectivity index (χ3n) is 4.90. The van der Waals surface area contributed by atoms with Crippen molar-refractivity contribution in [2.75, 3.05) is 13.6 Å². The molecule has 1 aliphatic carbocycles. The molecule has 0 aromatic carbocycles. The van der Waals surface area contributed by atoms with Crippen molar-refractivity contribution < 1.29 is 19.8 Å². The minimum absolute atomic E-state index is 0.112. The fourth-order valence-electron chi connectivity index (χ4n) is 2.94. The first-order valence-electron chi connectivity index (χ1n) is 7.80. The molecule has 0 aliphatic heterocycles. The third-order valence-corrected chi connectivity index (χ3v) is 4.90. The number of likely N-dealkylation sites (N-methyl/N-ethyl adjacent to an activating group) is 1. The maximum Gasteiger partial charge on any atom is 0.317 e. The van der Waals surface area contributed by atoms with Gasteiger partial charge in [0.1, 0.15) is 0 Å². The van der Waals surface area contributed by atoms with Crippen LogP contribution in [0.3, 0.4) is 0 Å². The summed E-state index contributed by atoms with van der Waals surface area (Å²) in [6.07, 6.45) is 3.94. The number of carboxylic acids is 1. The Kier molecular flexibility index (Phi) is 6.45. The molecule has 0 saturated heterocycles. The summed E-state index contributed by atoms with van der Waals surface area (Å²) in [6.45, 7) is 3.75. The number of carboxylic acid groups (broad SMARTS) is 1. The lowest BCUT2D eigenvalue weighted by molar-refractivity contribution is -0.149. The zero-order chi connectivity index (χ0) is 16.0. The second-order valence-corrected chi connectivity index (χ2v) is 5.98. The molecule has 122 valence electrons. The van der Waals surface area contributed by atoms with Gasteiger partial charge in [-0.15, -0.1) is 0 Å². The highest BCUT2D eigenvalue weighted by molar-refractivity contribution is 5.78. The van der Waals surface area contributed by atoms with E-state index in [1.54, 1.807) is 7.05 Å². The molecule has 0 bridgehead atoms. The first-order valence-corrected chi connectivity index (χ1v) is 7.80. The predicted octanol–water partition coefficient (Wildman–Crippen LogP) is 1.82. The summed E-state index contributed by atoms with van der Waals surface area (Å²) < 4.78 is 0. The van der Waals surface area contributed by atoms with Crippen molar-refractivity contribution in [3.8, 4) is 0 Å². The van der Waals surface area contributed by atoms with Gasteiger partial charge in [0.2, 0.25) is 0 Å². The van der Waals surface area contributed by atoms with Crippen molar-refractivity contribution in [2.45, 2.75) is 64.5 Å². The topological polar surface area (TPSA) is 89.9 Å². The number of nitrogens with one attached hydrogen (secondary N) is 1. The zero-order valence-electron chi connectivity index (χ0n) is 13.3. The standard InChI is InChI=1S/C15H28N2O4/c1-4-15(5-2,13(19)20)10-16-14(21)17(3)11-8-6-7-9-12(11)18/h11-12,18H,4-10H2,1-3H3,(H,16,21)(H,19,20). The van der Waals surface area contributed by atoms with Crippen molar-refractivity contribution in [2.24, 2.45) is 5.41 Å². The van der Waals surface area contributed by atoms with Crippen LogP contribution in [-0.4, -0.2) is 52.9 Å². The van der Waals surface area contributed by atoms with Gasteiger partial charge in [0.15, 0.2) is 0 Å². The van der Waals surface area contributed by atoms with Crippen molar-refractivity contribution >= 4 is 12.0 Å². The van der Waals surface area contributed by atoms with Gasteiger partial charge in [-0.1, -0.05) is 26.7 Å². The van der Waals surface area contributed by atoms with Crippen LogP contribution in [0, 0.1) is 5.41 Å². The Hall–Kier alpha value is -1.30. The van der Waals surface area contributed by atoms with E-state index in [4.69, 9.17) is 0 Å². The molecule has 0 heterocycles. The van der Waals surface area contributed by atoms with Crippen LogP contribution in [0.1, 0.15) is 52.4 Å². The number of aliphatic hydroxyl groups is 1. The molecule has 0 radical (unpaired) electrons. The highest BCUT2D eigenvalue weighted by Crippen LogP contribution is 2.26. The average Bonchev–Trinajstić information content (AvgIpc) is 2.48. The Balaban J connectivity index is 2.61. The summed E-state index contributed by atoms with van der Waals surface area (Å²) in [5.74, 6) is -0.881. The second-order valence-electron chi connectivity index (χ2n) is 5.98. The van der Waals surface area contributed by atoms with Crippen LogP contribution in [0.15, 0.2) is 0 Å². The summed E-state index contributed by atoms with van der Waals surface area (Å²) in [5, 5.41) is 22.1. The third kappa shape index (κ3) is 4.09. The number of hydrogen-bond donors (Lipinski definition) is 3. The van der Waals surface area contributed by atoms with E-state index in [-0.39, 0.29) is 18.6 Å². The summed E-state index contributed by atoms with van der Waals surface area (Å²) in [7, 11) is 1.66. The largest absolute Gasteiger partial charge is 0.481 e. The monoisotopic (exact) mass is 300 g/mol. The van der Waals surface area contributed by atoms with Crippen LogP contribution in [0.25, 0.3) is 0 Å². The molecular formula is C15H28N2O4. The molecule has 21 heavy (non-hydrogen) atoms. The molecule has 0 aromatic heterocycles. The quantitative estimate of drug-likeness (QED) is 0.698. The lowest BCUT2D eigenvalue weighted by Gasteiger charge is -2.36. The maximum absolute atomic E-state index is 12.2. The van der Waals surface area contributed by atoms with Gasteiger partial charge >= 0.3 is 12.0 Å². The molecule has 1 saturated carbocycles. The van der Waals surface area contributed by atoms with Crippen molar-refractivity contribution in [3.63, 3.8) is 0 Å². The fraction of sp³-hybridized carbons (Fsp3) is 0.867. The molecule has 2 atom stereocenters. The molecular weight excluding hydrogens is 272 g/mol. The van der Waals surface area contributed by atoms with Gasteiger partial charge in [-0.2, -0.15) is 0 Å². The van der Waals surface area contributed by atoms with Crippen LogP contribution < -0.4 is 5.32 Å². The van der Waals surface area contributed by atoms with Crippen molar-refractivity contribution in [3.05, 3.63) is 0 Å². The van der Waals surface area contributed by atoms with Crippen LogP contribution in [0.5, 0.6) is 0 Å². The number of hydrogen-bond acceptors (Lipinski definition) is 3. The van der Waals surface area contributed by atoms with Gasteiger partial charge in [-0.25, -0.2) is 4.79 Å². The fourth-order valence-corrected chi connectivity index (χ4v) is 2.94. The summed E-state index contributed by atoms with van der Waals surface area (Å²) in [6, 6.07) is -0.491. The molecule has 0 spiro atoms. The highest BCUT2D eigenvalue weighted by Gasteiger charge is 2.36. The smallest absolute Gasteiger partial charge is 0.317 e. The van der Waals surface area contributed by atoms with E-state index in [0.29, 0.717) is 19.3 Å². The minimum atomic E-state index is -0.915. The van der Waals surface area contributed by atoms with Gasteiger partial charge in [0.05, 0.1) is 17.6 Å². The van der Waals surface area contributed by atoms with E-state index in [1.165, 1.54) is 4.90 Å². The number of aliphatic carboxylic acids is 1. The van der Waals surface area contributed by atoms with E-state index >= 15 is 0 Å². The Morgan fingerprint density at radius 2 is 1.81 bits per heavy atom. The lowest BCUT2D eigenvalue weighted by atomic mass is 9.82. The van der Waals surface area contributed by atoms with Gasteiger partial charge in [-0.05, 0) is 25.7 Å². The van der Waals surface area contributed by atoms with Gasteiger partial charge < -0.3 is 20.4 Å². The Bertz CT molecular complexity index is 369. The normalized spacial score (nSPS) is 22.7. The van der Waals surface area contributed by atoms with Crippen LogP contribution in [0.2, 0.25) is 0 Å². The predicted molar refractivity (Wildman–Crippen MR) is 80.1 cm³/mol. The molecule has 3 N–H and O–H groups in total. The molecule has 6 heteroatoms. The number of carbonyl (C=O) groups is 2. The van der Waals surface area contributed by atoms with E-state index in [9.17, 15) is 19.8 Å². The Labute approximate surface area is 126 Å². The zero-order valence-corrected chi connectivity index (χ0v) is 13.3. The number of urea groups is 1. The molecule has 1 aliphatic rings. The van der Waals surface area contributed by atoms with E-state index < -0.39 is 17.5 Å². The van der Waals surface area contributed by atoms with E-state index in [2.05, 4.69) is 5.32 Å². The molecule has 0 aromatic rings. The average molecular weight is 300 g/mol. The second kappa shape index (κ2) is 7.64. The van der Waals surface area contributed by atoms with Gasteiger partial charge in [0.25, 0.3) is 0 Å². The van der Waals surface area contributed by atoms with Crippen molar-refractivity contribution in [1.82, 2.24) is 10.2 Å². The lowest BCUT2D eigenvalue weighted by Crippen LogP contribution is -2.52. The molecule has 2 unspecified atom stereocenters.